The van der Waals surface area contributed by atoms with E-state index >= 15 is 0 Å². The predicted molar refractivity (Wildman–Crippen MR) is 247 cm³/mol. The van der Waals surface area contributed by atoms with Gasteiger partial charge in [-0.15, -0.1) is 0 Å². The molecule has 6 N–H and O–H groups in total. The molecule has 0 aliphatic carbocycles. The van der Waals surface area contributed by atoms with Gasteiger partial charge in [0.1, 0.15) is 31.1 Å². The van der Waals surface area contributed by atoms with Crippen LogP contribution in [0.5, 0.6) is 11.5 Å². The van der Waals surface area contributed by atoms with Crippen LogP contribution in [-0.4, -0.2) is 157 Å². The first kappa shape index (κ1) is 52.0. The first-order chi connectivity index (χ1) is 32.1. The Labute approximate surface area is 394 Å². The van der Waals surface area contributed by atoms with Crippen LogP contribution in [0.4, 0.5) is 11.4 Å². The summed E-state index contributed by atoms with van der Waals surface area (Å²) in [5, 5.41) is 4.90. The number of amides is 2. The maximum Gasteiger partial charge on any atom is 0.295 e. The van der Waals surface area contributed by atoms with Crippen LogP contribution in [0.3, 0.4) is 0 Å². The molecule has 2 amide bonds. The molecule has 0 bridgehead atoms. The molecule has 0 unspecified atom stereocenters. The lowest BCUT2D eigenvalue weighted by molar-refractivity contribution is 0.0389. The van der Waals surface area contributed by atoms with E-state index in [1.165, 1.54) is 50.6 Å². The van der Waals surface area contributed by atoms with E-state index in [9.17, 15) is 52.4 Å². The molecule has 68 heavy (non-hydrogen) atoms. The van der Waals surface area contributed by atoms with Crippen LogP contribution in [0.15, 0.2) is 99.0 Å². The molecule has 4 aromatic rings. The van der Waals surface area contributed by atoms with Gasteiger partial charge in [0, 0.05) is 86.0 Å². The molecule has 2 heterocycles. The fraction of sp³-hybridized carbons (Fsp3) is 0.333. The van der Waals surface area contributed by atoms with Crippen molar-refractivity contribution in [3.8, 4) is 11.5 Å². The summed E-state index contributed by atoms with van der Waals surface area (Å²) in [6.45, 7) is 9.39. The van der Waals surface area contributed by atoms with E-state index in [-0.39, 0.29) is 73.6 Å². The number of rotatable bonds is 20. The molecule has 2 aliphatic rings. The van der Waals surface area contributed by atoms with Gasteiger partial charge < -0.3 is 29.6 Å². The zero-order chi connectivity index (χ0) is 49.4. The van der Waals surface area contributed by atoms with Crippen molar-refractivity contribution in [2.24, 2.45) is 0 Å². The Balaban J connectivity index is 1.20. The van der Waals surface area contributed by atoms with E-state index < -0.39 is 61.9 Å². The number of morpholine rings is 2. The number of sulfonamides is 2. The van der Waals surface area contributed by atoms with Gasteiger partial charge in [0.05, 0.1) is 40.6 Å². The van der Waals surface area contributed by atoms with Crippen molar-refractivity contribution in [3.63, 3.8) is 0 Å². The summed E-state index contributed by atoms with van der Waals surface area (Å²) in [5.74, 6) is -1.89. The first-order valence-electron chi connectivity index (χ1n) is 20.6. The van der Waals surface area contributed by atoms with Crippen molar-refractivity contribution >= 4 is 69.0 Å². The van der Waals surface area contributed by atoms with E-state index in [4.69, 9.17) is 18.9 Å². The standard InChI is InChI=1S/C42H50N6O16S4/c1-28(33-8-6-31(26-37(33)67(55,56)57)45-41(49)29-4-10-35(61-2)39(24-29)65(51,52)43-12-14-47-16-20-63-21-17-47)34-9-7-32(27-38(34)68(58,59)60)46-42(50)30-5-11-36(62-3)40(25-30)66(53,54)44-13-15-48-18-22-64-23-19-48/h4-11,24-27,43-44H,1,12-23H2,2-3H3,(H,45,49)(H,46,50)(H,55,56,57)(H,58,59,60). The van der Waals surface area contributed by atoms with Crippen LogP contribution in [0.1, 0.15) is 31.8 Å². The molecule has 0 radical (unpaired) electrons. The highest BCUT2D eigenvalue weighted by atomic mass is 32.2. The molecule has 2 saturated heterocycles. The number of anilines is 2. The molecule has 0 aromatic heterocycles. The highest BCUT2D eigenvalue weighted by Gasteiger charge is 2.27. The van der Waals surface area contributed by atoms with Gasteiger partial charge in [-0.1, -0.05) is 18.7 Å². The summed E-state index contributed by atoms with van der Waals surface area (Å²) in [6.07, 6.45) is 0. The molecule has 0 spiro atoms. The maximum absolute atomic E-state index is 13.5. The molecule has 2 fully saturated rings. The quantitative estimate of drug-likeness (QED) is 0.0690. The van der Waals surface area contributed by atoms with E-state index in [0.717, 1.165) is 36.4 Å². The number of methoxy groups -OCH3 is 2. The molecule has 22 nitrogen and oxygen atoms in total. The van der Waals surface area contributed by atoms with Gasteiger partial charge in [-0.3, -0.25) is 28.5 Å². The van der Waals surface area contributed by atoms with E-state index in [2.05, 4.69) is 26.7 Å². The third kappa shape index (κ3) is 13.0. The van der Waals surface area contributed by atoms with Crippen molar-refractivity contribution in [2.45, 2.75) is 19.6 Å². The molecule has 0 atom stereocenters. The molecule has 6 rings (SSSR count). The second-order valence-electron chi connectivity index (χ2n) is 15.2. The normalized spacial score (nSPS) is 15.4. The Morgan fingerprint density at radius 3 is 1.28 bits per heavy atom. The average Bonchev–Trinajstić information content (AvgIpc) is 3.30. The summed E-state index contributed by atoms with van der Waals surface area (Å²) in [7, 11) is -16.2. The predicted octanol–water partition coefficient (Wildman–Crippen LogP) is 1.98. The van der Waals surface area contributed by atoms with Crippen molar-refractivity contribution in [1.82, 2.24) is 19.2 Å². The SMILES string of the molecule is C=C(c1ccc(NC(=O)c2ccc(OC)c(S(=O)(=O)NCCN3CCOCC3)c2)cc1S(=O)(=O)O)c1ccc(NC(=O)c2ccc(OC)c(S(=O)(=O)NCCN3CCOCC3)c2)cc1S(=O)(=O)O. The number of nitrogens with zero attached hydrogens (tertiary/aromatic N) is 2. The summed E-state index contributed by atoms with van der Waals surface area (Å²) >= 11 is 0. The minimum absolute atomic E-state index is 0.0560. The van der Waals surface area contributed by atoms with Gasteiger partial charge in [-0.05, 0) is 66.2 Å². The minimum atomic E-state index is -5.15. The number of carbonyl (C=O) groups is 2. The lowest BCUT2D eigenvalue weighted by Gasteiger charge is -2.26. The summed E-state index contributed by atoms with van der Waals surface area (Å²) in [5.41, 5.74) is -1.81. The lowest BCUT2D eigenvalue weighted by atomic mass is 9.98. The van der Waals surface area contributed by atoms with Gasteiger partial charge in [0.2, 0.25) is 20.0 Å². The zero-order valence-corrected chi connectivity index (χ0v) is 40.0. The number of nitrogens with one attached hydrogen (secondary N) is 4. The molecular formula is C42H50N6O16S4. The fourth-order valence-corrected chi connectivity index (χ4v) is 11.1. The van der Waals surface area contributed by atoms with Gasteiger partial charge in [-0.25, -0.2) is 26.3 Å². The van der Waals surface area contributed by atoms with Crippen LogP contribution < -0.4 is 29.6 Å². The zero-order valence-electron chi connectivity index (χ0n) is 36.8. The fourth-order valence-electron chi connectivity index (χ4n) is 7.21. The van der Waals surface area contributed by atoms with Gasteiger partial charge in [0.25, 0.3) is 32.1 Å². The Kier molecular flexibility index (Phi) is 16.8. The third-order valence-corrected chi connectivity index (χ3v) is 15.5. The Hall–Kier alpha value is -5.36. The highest BCUT2D eigenvalue weighted by Crippen LogP contribution is 2.35. The number of hydrogen-bond acceptors (Lipinski definition) is 16. The van der Waals surface area contributed by atoms with Crippen LogP contribution in [0.25, 0.3) is 5.57 Å². The molecule has 368 valence electrons. The Morgan fingerprint density at radius 2 is 0.941 bits per heavy atom. The second-order valence-corrected chi connectivity index (χ2v) is 21.4. The van der Waals surface area contributed by atoms with Crippen molar-refractivity contribution in [2.75, 3.05) is 104 Å². The van der Waals surface area contributed by atoms with E-state index in [0.29, 0.717) is 65.7 Å². The molecule has 0 saturated carbocycles. The Bertz CT molecular complexity index is 2810. The van der Waals surface area contributed by atoms with E-state index in [1.54, 1.807) is 0 Å². The number of benzene rings is 4. The van der Waals surface area contributed by atoms with Crippen molar-refractivity contribution < 1.29 is 71.3 Å². The minimum Gasteiger partial charge on any atom is -0.495 e. The van der Waals surface area contributed by atoms with Gasteiger partial charge in [-0.2, -0.15) is 16.8 Å². The van der Waals surface area contributed by atoms with Crippen molar-refractivity contribution in [3.05, 3.63) is 102 Å². The van der Waals surface area contributed by atoms with Crippen LogP contribution in [0, 0.1) is 0 Å². The topological polar surface area (TPSA) is 303 Å². The Morgan fingerprint density at radius 1 is 0.574 bits per heavy atom. The maximum atomic E-state index is 13.5. The second kappa shape index (κ2) is 21.9. The summed E-state index contributed by atoms with van der Waals surface area (Å²) in [4.78, 5) is 28.6. The third-order valence-electron chi connectivity index (χ3n) is 10.8. The van der Waals surface area contributed by atoms with Gasteiger partial charge in [0.15, 0.2) is 0 Å². The number of carbonyl (C=O) groups excluding carboxylic acids is 2. The highest BCUT2D eigenvalue weighted by molar-refractivity contribution is 7.90. The molecular weight excluding hydrogens is 973 g/mol. The van der Waals surface area contributed by atoms with Crippen LogP contribution >= 0.6 is 0 Å². The first-order valence-corrected chi connectivity index (χ1v) is 26.5. The van der Waals surface area contributed by atoms with Crippen LogP contribution in [-0.2, 0) is 49.8 Å². The summed E-state index contributed by atoms with van der Waals surface area (Å²) < 4.78 is 151. The molecule has 26 heteroatoms. The van der Waals surface area contributed by atoms with Gasteiger partial charge >= 0.3 is 0 Å². The summed E-state index contributed by atoms with van der Waals surface area (Å²) in [6, 6.07) is 13.5. The lowest BCUT2D eigenvalue weighted by Crippen LogP contribution is -2.41. The van der Waals surface area contributed by atoms with Crippen molar-refractivity contribution in [1.29, 1.82) is 0 Å². The number of ether oxygens (including phenoxy) is 4. The number of hydrogen-bond donors (Lipinski definition) is 6. The molecule has 4 aromatic carbocycles. The van der Waals surface area contributed by atoms with E-state index in [1.807, 2.05) is 9.80 Å². The largest absolute Gasteiger partial charge is 0.495 e. The molecule has 2 aliphatic heterocycles. The average molecular weight is 1020 g/mol. The monoisotopic (exact) mass is 1020 g/mol. The van der Waals surface area contributed by atoms with Crippen LogP contribution in [0.2, 0.25) is 0 Å². The smallest absolute Gasteiger partial charge is 0.295 e.